The van der Waals surface area contributed by atoms with E-state index in [4.69, 9.17) is 22.6 Å². The number of piperidine rings is 2. The molecule has 0 spiro atoms. The predicted molar refractivity (Wildman–Crippen MR) is 250 cm³/mol. The molecule has 328 valence electrons. The lowest BCUT2D eigenvalue weighted by Crippen LogP contribution is -2.46. The van der Waals surface area contributed by atoms with Crippen molar-refractivity contribution in [3.8, 4) is 11.5 Å². The second-order valence-electron chi connectivity index (χ2n) is 17.1. The summed E-state index contributed by atoms with van der Waals surface area (Å²) in [5.74, 6) is 3.72. The Morgan fingerprint density at radius 3 is 1.34 bits per heavy atom. The van der Waals surface area contributed by atoms with E-state index in [0.29, 0.717) is 11.4 Å². The topological polar surface area (TPSA) is 55.4 Å². The summed E-state index contributed by atoms with van der Waals surface area (Å²) in [4.78, 5) is 19.4. The Balaban J connectivity index is 0.000000217. The minimum absolute atomic E-state index is 0.656. The van der Waals surface area contributed by atoms with Crippen molar-refractivity contribution in [1.82, 2.24) is 29.8 Å². The van der Waals surface area contributed by atoms with Gasteiger partial charge in [-0.2, -0.15) is 0 Å². The van der Waals surface area contributed by atoms with Gasteiger partial charge in [-0.05, 0) is 134 Å². The summed E-state index contributed by atoms with van der Waals surface area (Å²) in [7, 11) is 4.48. The lowest BCUT2D eigenvalue weighted by molar-refractivity contribution is 0.123. The smallest absolute Gasteiger partial charge is 0.187 e. The van der Waals surface area contributed by atoms with Crippen LogP contribution in [0.4, 0.5) is 11.4 Å². The van der Waals surface area contributed by atoms with Crippen LogP contribution in [0, 0.1) is 25.0 Å². The Labute approximate surface area is 367 Å². The predicted octanol–water partition coefficient (Wildman–Crippen LogP) is 8.94. The van der Waals surface area contributed by atoms with Gasteiger partial charge >= 0.3 is 0 Å². The Morgan fingerprint density at radius 1 is 0.542 bits per heavy atom. The summed E-state index contributed by atoms with van der Waals surface area (Å²) >= 11 is 3.48. The molecule has 0 atom stereocenters. The van der Waals surface area contributed by atoms with Crippen molar-refractivity contribution in [2.75, 3.05) is 131 Å². The van der Waals surface area contributed by atoms with Crippen LogP contribution in [0.3, 0.4) is 0 Å². The van der Waals surface area contributed by atoms with Gasteiger partial charge in [0.05, 0.1) is 26.4 Å². The van der Waals surface area contributed by atoms with E-state index in [1.165, 1.54) is 128 Å². The highest BCUT2D eigenvalue weighted by Gasteiger charge is 2.19. The quantitative estimate of drug-likeness (QED) is 0.0854. The summed E-state index contributed by atoms with van der Waals surface area (Å²) in [5, 5.41) is 4.52. The summed E-state index contributed by atoms with van der Waals surface area (Å²) in [5.41, 5.74) is 1.32. The number of benzene rings is 2. The van der Waals surface area contributed by atoms with Crippen molar-refractivity contribution in [2.45, 2.75) is 77.0 Å². The van der Waals surface area contributed by atoms with Crippen LogP contribution < -0.4 is 14.8 Å². The third-order valence-electron chi connectivity index (χ3n) is 12.4. The first-order valence-corrected chi connectivity index (χ1v) is 24.1. The maximum atomic E-state index is 6.98. The van der Waals surface area contributed by atoms with Crippen LogP contribution in [0.1, 0.15) is 77.0 Å². The zero-order valence-electron chi connectivity index (χ0n) is 36.8. The van der Waals surface area contributed by atoms with Crippen LogP contribution in [-0.4, -0.2) is 155 Å². The second-order valence-corrected chi connectivity index (χ2v) is 17.9. The van der Waals surface area contributed by atoms with Gasteiger partial charge in [0.1, 0.15) is 11.5 Å². The van der Waals surface area contributed by atoms with Crippen molar-refractivity contribution >= 4 is 27.3 Å². The Kier molecular flexibility index (Phi) is 25.1. The molecule has 4 heterocycles. The number of halogens is 1. The Hall–Kier alpha value is -2.74. The van der Waals surface area contributed by atoms with Crippen molar-refractivity contribution in [1.29, 1.82) is 0 Å². The van der Waals surface area contributed by atoms with Crippen molar-refractivity contribution < 1.29 is 9.47 Å². The van der Waals surface area contributed by atoms with Gasteiger partial charge in [0, 0.05) is 70.8 Å². The van der Waals surface area contributed by atoms with E-state index < -0.39 is 0 Å². The number of rotatable bonds is 19. The van der Waals surface area contributed by atoms with Gasteiger partial charge in [-0.3, -0.25) is 0 Å². The minimum Gasteiger partial charge on any atom is -0.494 e. The fourth-order valence-corrected chi connectivity index (χ4v) is 8.76. The van der Waals surface area contributed by atoms with E-state index in [2.05, 4.69) is 69.5 Å². The van der Waals surface area contributed by atoms with Crippen molar-refractivity contribution in [3.63, 3.8) is 0 Å². The maximum absolute atomic E-state index is 6.98. The van der Waals surface area contributed by atoms with Gasteiger partial charge in [-0.1, -0.05) is 65.9 Å². The fourth-order valence-electron chi connectivity index (χ4n) is 8.36. The molecule has 4 aliphatic rings. The van der Waals surface area contributed by atoms with Crippen molar-refractivity contribution in [2.24, 2.45) is 11.8 Å². The van der Waals surface area contributed by atoms with Gasteiger partial charge in [-0.15, -0.1) is 0 Å². The molecule has 0 aliphatic carbocycles. The van der Waals surface area contributed by atoms with E-state index >= 15 is 0 Å². The number of ether oxygens (including phenoxy) is 2. The normalized spacial score (nSPS) is 19.1. The number of nitrogens with zero attached hydrogens (tertiary/aromatic N) is 7. The van der Waals surface area contributed by atoms with Crippen molar-refractivity contribution in [3.05, 3.63) is 71.4 Å². The van der Waals surface area contributed by atoms with Gasteiger partial charge in [0.25, 0.3) is 0 Å². The number of piperazine rings is 2. The standard InChI is InChI=1S/C24H38N4O.C14H19N3O.C10H20BrN/c1-25-23-7-9-24(10-8-23)29-21-5-14-28-19-17-27(18-20-28)13-4-3-6-22-11-15-26(2)16-12-22;1-15-13-3-5-14(6-4-13)18-12-2-9-17-10-7-16-8-11-17;1-12-8-5-10(6-9-12)4-2-3-7-11/h7-10,22H,3-6,11-21H2,2H3;3-6,16H,2,7-12H2;10H,2-9H2,1H3. The second kappa shape index (κ2) is 30.3. The van der Waals surface area contributed by atoms with Gasteiger partial charge in [0.15, 0.2) is 11.4 Å². The molecular weight excluding hydrogens is 800 g/mol. The van der Waals surface area contributed by atoms with Gasteiger partial charge in [0.2, 0.25) is 0 Å². The SMILES string of the molecule is CN1CCC(CCCCBr)CC1.[C-]#[N+]c1ccc(OCCCN2CCN(CCCCC3CCN(C)CC3)CC2)cc1.[C-]#[N+]c1ccc(OCCCN2CCNCC2)cc1. The zero-order valence-corrected chi connectivity index (χ0v) is 38.4. The van der Waals surface area contributed by atoms with Crippen LogP contribution in [0.2, 0.25) is 0 Å². The van der Waals surface area contributed by atoms with Gasteiger partial charge < -0.3 is 39.3 Å². The molecule has 0 aromatic heterocycles. The van der Waals surface area contributed by atoms with E-state index in [9.17, 15) is 0 Å². The zero-order chi connectivity index (χ0) is 41.8. The van der Waals surface area contributed by atoms with Crippen LogP contribution in [0.25, 0.3) is 9.69 Å². The summed E-state index contributed by atoms with van der Waals surface area (Å²) < 4.78 is 11.4. The van der Waals surface area contributed by atoms with Crippen LogP contribution >= 0.6 is 15.9 Å². The molecular formula is C48H77BrN8O2. The molecule has 11 heteroatoms. The number of hydrogen-bond donors (Lipinski definition) is 1. The summed E-state index contributed by atoms with van der Waals surface area (Å²) in [6.07, 6.45) is 16.2. The molecule has 0 bridgehead atoms. The third kappa shape index (κ3) is 21.6. The van der Waals surface area contributed by atoms with Crippen LogP contribution in [-0.2, 0) is 0 Å². The van der Waals surface area contributed by atoms with Crippen LogP contribution in [0.15, 0.2) is 48.5 Å². The molecule has 2 aromatic rings. The highest BCUT2D eigenvalue weighted by molar-refractivity contribution is 9.09. The fraction of sp³-hybridized carbons (Fsp3) is 0.708. The van der Waals surface area contributed by atoms with Gasteiger partial charge in [-0.25, -0.2) is 9.69 Å². The molecule has 10 nitrogen and oxygen atoms in total. The van der Waals surface area contributed by atoms with E-state index in [1.54, 1.807) is 12.1 Å². The average molecular weight is 878 g/mol. The number of unbranched alkanes of at least 4 members (excludes halogenated alkanes) is 2. The first kappa shape index (κ1) is 48.9. The monoisotopic (exact) mass is 877 g/mol. The summed E-state index contributed by atoms with van der Waals surface area (Å²) in [6.45, 7) is 33.3. The average Bonchev–Trinajstić information content (AvgIpc) is 3.28. The van der Waals surface area contributed by atoms with E-state index in [0.717, 1.165) is 88.7 Å². The third-order valence-corrected chi connectivity index (χ3v) is 13.0. The van der Waals surface area contributed by atoms with Crippen LogP contribution in [0.5, 0.6) is 11.5 Å². The Bertz CT molecular complexity index is 1420. The number of likely N-dealkylation sites (tertiary alicyclic amines) is 2. The molecule has 0 radical (unpaired) electrons. The molecule has 2 aromatic carbocycles. The first-order valence-electron chi connectivity index (χ1n) is 23.0. The largest absolute Gasteiger partial charge is 0.494 e. The first-order chi connectivity index (χ1) is 28.9. The number of nitrogens with one attached hydrogen (secondary N) is 1. The molecule has 59 heavy (non-hydrogen) atoms. The molecule has 0 amide bonds. The molecule has 4 fully saturated rings. The highest BCUT2D eigenvalue weighted by Crippen LogP contribution is 2.23. The molecule has 0 saturated carbocycles. The molecule has 0 unspecified atom stereocenters. The lowest BCUT2D eigenvalue weighted by atomic mass is 9.92. The molecule has 4 saturated heterocycles. The van der Waals surface area contributed by atoms with E-state index in [1.807, 2.05) is 36.4 Å². The summed E-state index contributed by atoms with van der Waals surface area (Å²) in [6, 6.07) is 14.7. The molecule has 6 rings (SSSR count). The Morgan fingerprint density at radius 2 is 0.932 bits per heavy atom. The highest BCUT2D eigenvalue weighted by atomic mass is 79.9. The number of hydrogen-bond acceptors (Lipinski definition) is 8. The molecule has 4 aliphatic heterocycles. The van der Waals surface area contributed by atoms with E-state index in [-0.39, 0.29) is 0 Å². The minimum atomic E-state index is 0.656. The number of alkyl halides is 1. The lowest BCUT2D eigenvalue weighted by Gasteiger charge is -2.35. The molecule has 1 N–H and O–H groups in total. The maximum Gasteiger partial charge on any atom is 0.187 e.